The Hall–Kier alpha value is -2.72. The molecule has 0 aliphatic heterocycles. The van der Waals surface area contributed by atoms with Gasteiger partial charge < -0.3 is 5.11 Å². The van der Waals surface area contributed by atoms with Crippen LogP contribution in [-0.2, 0) is 0 Å². The van der Waals surface area contributed by atoms with Gasteiger partial charge in [0, 0.05) is 11.6 Å². The lowest BCUT2D eigenvalue weighted by Crippen LogP contribution is -2.04. The van der Waals surface area contributed by atoms with Crippen LogP contribution >= 0.6 is 0 Å². The van der Waals surface area contributed by atoms with Crippen molar-refractivity contribution in [2.75, 3.05) is 0 Å². The zero-order chi connectivity index (χ0) is 16.6. The van der Waals surface area contributed by atoms with Crippen LogP contribution in [0.3, 0.4) is 0 Å². The normalized spacial score (nSPS) is 12.3. The lowest BCUT2D eigenvalue weighted by Gasteiger charge is -2.17. The average Bonchev–Trinajstić information content (AvgIpc) is 2.54. The highest BCUT2D eigenvalue weighted by atomic mass is 16.6. The van der Waals surface area contributed by atoms with Crippen molar-refractivity contribution in [3.8, 4) is 0 Å². The van der Waals surface area contributed by atoms with Crippen molar-refractivity contribution in [3.63, 3.8) is 0 Å². The van der Waals surface area contributed by atoms with Crippen molar-refractivity contribution in [1.82, 2.24) is 0 Å². The number of hydrogen-bond acceptors (Lipinski definition) is 3. The largest absolute Gasteiger partial charge is 0.384 e. The van der Waals surface area contributed by atoms with E-state index in [1.807, 2.05) is 43.3 Å². The molecule has 3 aromatic rings. The topological polar surface area (TPSA) is 63.4 Å². The second-order valence-electron chi connectivity index (χ2n) is 5.72. The molecule has 3 aromatic carbocycles. The molecule has 0 unspecified atom stereocenters. The zero-order valence-corrected chi connectivity index (χ0v) is 13.0. The van der Waals surface area contributed by atoms with Gasteiger partial charge in [-0.15, -0.1) is 0 Å². The molecular weight excluding hydrogens is 290 g/mol. The monoisotopic (exact) mass is 307 g/mol. The molecule has 0 aliphatic rings. The fourth-order valence-electron chi connectivity index (χ4n) is 2.93. The Morgan fingerprint density at radius 2 is 1.70 bits per heavy atom. The van der Waals surface area contributed by atoms with Gasteiger partial charge >= 0.3 is 0 Å². The van der Waals surface area contributed by atoms with E-state index in [0.717, 1.165) is 21.9 Å². The van der Waals surface area contributed by atoms with Crippen molar-refractivity contribution < 1.29 is 10.0 Å². The number of nitro groups is 1. The second kappa shape index (κ2) is 5.82. The fraction of sp³-hybridized carbons (Fsp3) is 0.158. The summed E-state index contributed by atoms with van der Waals surface area (Å²) in [5.41, 5.74) is 2.89. The van der Waals surface area contributed by atoms with E-state index in [1.54, 1.807) is 19.1 Å². The van der Waals surface area contributed by atoms with Gasteiger partial charge in [-0.1, -0.05) is 48.5 Å². The van der Waals surface area contributed by atoms with Gasteiger partial charge in [0.25, 0.3) is 5.69 Å². The van der Waals surface area contributed by atoms with Crippen LogP contribution in [0.25, 0.3) is 10.8 Å². The van der Waals surface area contributed by atoms with E-state index in [1.165, 1.54) is 6.07 Å². The maximum Gasteiger partial charge on any atom is 0.272 e. The Labute approximate surface area is 134 Å². The quantitative estimate of drug-likeness (QED) is 0.574. The lowest BCUT2D eigenvalue weighted by atomic mass is 9.91. The SMILES string of the molecule is Cc1ccc([C@H](O)c2c(C)ccc3ccccc23)cc1[N+](=O)[O-]. The van der Waals surface area contributed by atoms with Gasteiger partial charge in [0.05, 0.1) is 4.92 Å². The number of aliphatic hydroxyl groups excluding tert-OH is 1. The Morgan fingerprint density at radius 1 is 1.00 bits per heavy atom. The van der Waals surface area contributed by atoms with E-state index >= 15 is 0 Å². The molecular formula is C19H17NO3. The predicted octanol–water partition coefficient (Wildman–Crippen LogP) is 4.45. The van der Waals surface area contributed by atoms with Gasteiger partial charge in [0.15, 0.2) is 0 Å². The first-order valence-corrected chi connectivity index (χ1v) is 7.40. The van der Waals surface area contributed by atoms with Gasteiger partial charge in [0.2, 0.25) is 0 Å². The van der Waals surface area contributed by atoms with Crippen LogP contribution in [0.15, 0.2) is 54.6 Å². The zero-order valence-electron chi connectivity index (χ0n) is 13.0. The molecule has 4 heteroatoms. The van der Waals surface area contributed by atoms with E-state index in [9.17, 15) is 15.2 Å². The third-order valence-electron chi connectivity index (χ3n) is 4.21. The Kier molecular flexibility index (Phi) is 3.84. The minimum atomic E-state index is -0.902. The summed E-state index contributed by atoms with van der Waals surface area (Å²) in [5.74, 6) is 0. The molecule has 0 radical (unpaired) electrons. The summed E-state index contributed by atoms with van der Waals surface area (Å²) >= 11 is 0. The van der Waals surface area contributed by atoms with Crippen LogP contribution in [0.5, 0.6) is 0 Å². The molecule has 0 heterocycles. The minimum absolute atomic E-state index is 0.0273. The van der Waals surface area contributed by atoms with Crippen LogP contribution in [-0.4, -0.2) is 10.0 Å². The molecule has 4 nitrogen and oxygen atoms in total. The van der Waals surface area contributed by atoms with Gasteiger partial charge in [0.1, 0.15) is 6.10 Å². The Balaban J connectivity index is 2.18. The van der Waals surface area contributed by atoms with Crippen LogP contribution < -0.4 is 0 Å². The summed E-state index contributed by atoms with van der Waals surface area (Å²) < 4.78 is 0. The van der Waals surface area contributed by atoms with Crippen molar-refractivity contribution in [2.45, 2.75) is 20.0 Å². The van der Waals surface area contributed by atoms with Crippen molar-refractivity contribution >= 4 is 16.5 Å². The average molecular weight is 307 g/mol. The van der Waals surface area contributed by atoms with E-state index in [2.05, 4.69) is 0 Å². The highest BCUT2D eigenvalue weighted by Crippen LogP contribution is 2.33. The van der Waals surface area contributed by atoms with E-state index in [0.29, 0.717) is 11.1 Å². The smallest absolute Gasteiger partial charge is 0.272 e. The van der Waals surface area contributed by atoms with Gasteiger partial charge in [-0.3, -0.25) is 10.1 Å². The van der Waals surface area contributed by atoms with Crippen molar-refractivity contribution in [1.29, 1.82) is 0 Å². The summed E-state index contributed by atoms with van der Waals surface area (Å²) in [6, 6.07) is 16.7. The third kappa shape index (κ3) is 2.69. The number of hydrogen-bond donors (Lipinski definition) is 1. The molecule has 3 rings (SSSR count). The summed E-state index contributed by atoms with van der Waals surface area (Å²) in [6.45, 7) is 3.63. The molecule has 23 heavy (non-hydrogen) atoms. The summed E-state index contributed by atoms with van der Waals surface area (Å²) in [4.78, 5) is 10.7. The number of aliphatic hydroxyl groups is 1. The number of aryl methyl sites for hydroxylation is 2. The highest BCUT2D eigenvalue weighted by molar-refractivity contribution is 5.87. The maximum absolute atomic E-state index is 11.1. The molecule has 116 valence electrons. The number of nitro benzene ring substituents is 1. The molecule has 0 bridgehead atoms. The molecule has 0 fully saturated rings. The first-order chi connectivity index (χ1) is 11.0. The molecule has 1 atom stereocenters. The van der Waals surface area contributed by atoms with E-state index < -0.39 is 11.0 Å². The number of rotatable bonds is 3. The Bertz CT molecular complexity index is 902. The molecule has 0 aliphatic carbocycles. The molecule has 0 aromatic heterocycles. The van der Waals surface area contributed by atoms with Crippen LogP contribution in [0, 0.1) is 24.0 Å². The van der Waals surface area contributed by atoms with Crippen LogP contribution in [0.1, 0.15) is 28.4 Å². The number of fused-ring (bicyclic) bond motifs is 1. The summed E-state index contributed by atoms with van der Waals surface area (Å²) in [6.07, 6.45) is -0.902. The molecule has 0 amide bonds. The molecule has 1 N–H and O–H groups in total. The predicted molar refractivity (Wildman–Crippen MR) is 90.6 cm³/mol. The van der Waals surface area contributed by atoms with E-state index in [4.69, 9.17) is 0 Å². The fourth-order valence-corrected chi connectivity index (χ4v) is 2.93. The molecule has 0 saturated carbocycles. The highest BCUT2D eigenvalue weighted by Gasteiger charge is 2.19. The van der Waals surface area contributed by atoms with Gasteiger partial charge in [-0.05, 0) is 41.3 Å². The lowest BCUT2D eigenvalue weighted by molar-refractivity contribution is -0.385. The first-order valence-electron chi connectivity index (χ1n) is 7.40. The molecule has 0 spiro atoms. The van der Waals surface area contributed by atoms with Crippen molar-refractivity contribution in [2.24, 2.45) is 0 Å². The first kappa shape index (κ1) is 15.2. The molecule has 0 saturated heterocycles. The second-order valence-corrected chi connectivity index (χ2v) is 5.72. The summed E-state index contributed by atoms with van der Waals surface area (Å²) in [5, 5.41) is 24.0. The van der Waals surface area contributed by atoms with E-state index in [-0.39, 0.29) is 5.69 Å². The summed E-state index contributed by atoms with van der Waals surface area (Å²) in [7, 11) is 0. The third-order valence-corrected chi connectivity index (χ3v) is 4.21. The van der Waals surface area contributed by atoms with Crippen LogP contribution in [0.4, 0.5) is 5.69 Å². The van der Waals surface area contributed by atoms with Gasteiger partial charge in [-0.25, -0.2) is 0 Å². The standard InChI is InChI=1S/C19H17NO3/c1-12-7-10-15(11-17(12)20(22)23)19(21)18-13(2)8-9-14-5-3-4-6-16(14)18/h3-11,19,21H,1-2H3/t19-/m0/s1. The Morgan fingerprint density at radius 3 is 2.43 bits per heavy atom. The minimum Gasteiger partial charge on any atom is -0.384 e. The maximum atomic E-state index is 11.1. The number of benzene rings is 3. The number of nitrogens with zero attached hydrogens (tertiary/aromatic N) is 1. The van der Waals surface area contributed by atoms with Crippen molar-refractivity contribution in [3.05, 3.63) is 87.0 Å². The van der Waals surface area contributed by atoms with Crippen LogP contribution in [0.2, 0.25) is 0 Å². The van der Waals surface area contributed by atoms with Gasteiger partial charge in [-0.2, -0.15) is 0 Å².